The maximum absolute atomic E-state index is 4.71. The molecule has 0 aromatic carbocycles. The highest BCUT2D eigenvalue weighted by Crippen LogP contribution is 2.61. The molecule has 3 fully saturated rings. The van der Waals surface area contributed by atoms with E-state index in [9.17, 15) is 0 Å². The Labute approximate surface area is 222 Å². The molecule has 3 saturated carbocycles. The van der Waals surface area contributed by atoms with Gasteiger partial charge in [-0.05, 0) is 109 Å². The first kappa shape index (κ1) is 25.8. The van der Waals surface area contributed by atoms with Crippen molar-refractivity contribution in [1.29, 1.82) is 0 Å². The molecule has 5 aliphatic rings. The van der Waals surface area contributed by atoms with Gasteiger partial charge in [0.05, 0.1) is 0 Å². The Kier molecular flexibility index (Phi) is 8.39. The van der Waals surface area contributed by atoms with Gasteiger partial charge in [-0.3, -0.25) is 0 Å². The van der Waals surface area contributed by atoms with Gasteiger partial charge in [-0.25, -0.2) is 0 Å². The molecule has 0 nitrogen and oxygen atoms in total. The van der Waals surface area contributed by atoms with Crippen LogP contribution in [0.1, 0.15) is 91.4 Å². The lowest BCUT2D eigenvalue weighted by molar-refractivity contribution is -0.0738. The molecule has 0 spiro atoms. The maximum Gasteiger partial charge on any atom is -0.00994 e. The van der Waals surface area contributed by atoms with Crippen LogP contribution in [0.3, 0.4) is 0 Å². The molecule has 5 rings (SSSR count). The predicted molar refractivity (Wildman–Crippen MR) is 157 cm³/mol. The fraction of sp³-hybridized carbons (Fsp3) is 0.611. The second-order valence-electron chi connectivity index (χ2n) is 12.7. The fourth-order valence-corrected chi connectivity index (χ4v) is 9.22. The number of allylic oxidation sites excluding steroid dienone is 13. The highest BCUT2D eigenvalue weighted by molar-refractivity contribution is 5.53. The van der Waals surface area contributed by atoms with Gasteiger partial charge in [-0.2, -0.15) is 0 Å². The zero-order valence-electron chi connectivity index (χ0n) is 23.3. The van der Waals surface area contributed by atoms with Gasteiger partial charge in [0.2, 0.25) is 0 Å². The lowest BCUT2D eigenvalue weighted by Crippen LogP contribution is -2.52. The zero-order chi connectivity index (χ0) is 25.1. The van der Waals surface area contributed by atoms with E-state index in [4.69, 9.17) is 6.58 Å². The number of fused-ring (bicyclic) bond motifs is 2. The molecule has 194 valence electrons. The van der Waals surface area contributed by atoms with E-state index in [2.05, 4.69) is 75.5 Å². The first-order chi connectivity index (χ1) is 17.6. The third kappa shape index (κ3) is 5.12. The summed E-state index contributed by atoms with van der Waals surface area (Å²) in [5, 5.41) is 0. The Hall–Kier alpha value is -1.82. The molecule has 0 bridgehead atoms. The lowest BCUT2D eigenvalue weighted by Gasteiger charge is -2.59. The van der Waals surface area contributed by atoms with E-state index in [-0.39, 0.29) is 0 Å². The number of rotatable bonds is 6. The minimum absolute atomic E-state index is 0.722. The van der Waals surface area contributed by atoms with Gasteiger partial charge in [0.15, 0.2) is 0 Å². The molecular weight excluding hydrogens is 432 g/mol. The molecule has 0 heterocycles. The van der Waals surface area contributed by atoms with Gasteiger partial charge in [0.1, 0.15) is 0 Å². The van der Waals surface area contributed by atoms with Gasteiger partial charge in [-0.1, -0.05) is 113 Å². The molecule has 0 heteroatoms. The normalized spacial score (nSPS) is 36.6. The molecule has 36 heavy (non-hydrogen) atoms. The van der Waals surface area contributed by atoms with Crippen LogP contribution in [-0.2, 0) is 0 Å². The predicted octanol–water partition coefficient (Wildman–Crippen LogP) is 10.3. The summed E-state index contributed by atoms with van der Waals surface area (Å²) < 4.78 is 0. The topological polar surface area (TPSA) is 0 Å². The van der Waals surface area contributed by atoms with Crippen LogP contribution >= 0.6 is 0 Å². The van der Waals surface area contributed by atoms with Crippen molar-refractivity contribution in [1.82, 2.24) is 0 Å². The SMILES string of the molecule is C=C(CCC)C(CC)C1C2CCCCC2C(C2=CC(=C3C=CCC=C3)C=CC=C2)C2CC(C)CC[C@@H]21. The number of hydrogen-bond donors (Lipinski definition) is 0. The van der Waals surface area contributed by atoms with Crippen molar-refractivity contribution in [3.63, 3.8) is 0 Å². The summed E-state index contributed by atoms with van der Waals surface area (Å²) in [5.41, 5.74) is 5.99. The summed E-state index contributed by atoms with van der Waals surface area (Å²) in [6, 6.07) is 0. The third-order valence-electron chi connectivity index (χ3n) is 10.6. The van der Waals surface area contributed by atoms with E-state index >= 15 is 0 Å². The summed E-state index contributed by atoms with van der Waals surface area (Å²) in [5.74, 6) is 6.61. The van der Waals surface area contributed by atoms with Crippen LogP contribution < -0.4 is 0 Å². The molecule has 0 aliphatic heterocycles. The minimum atomic E-state index is 0.722. The van der Waals surface area contributed by atoms with Gasteiger partial charge < -0.3 is 0 Å². The Morgan fingerprint density at radius 2 is 1.58 bits per heavy atom. The van der Waals surface area contributed by atoms with Crippen LogP contribution in [0.15, 0.2) is 83.6 Å². The second-order valence-corrected chi connectivity index (χ2v) is 12.7. The summed E-state index contributed by atoms with van der Waals surface area (Å²) in [7, 11) is 0. The van der Waals surface area contributed by atoms with Crippen LogP contribution in [0.25, 0.3) is 0 Å². The van der Waals surface area contributed by atoms with Crippen molar-refractivity contribution < 1.29 is 0 Å². The first-order valence-corrected chi connectivity index (χ1v) is 15.4. The third-order valence-corrected chi connectivity index (χ3v) is 10.6. The average Bonchev–Trinajstić information content (AvgIpc) is 3.15. The van der Waals surface area contributed by atoms with Crippen molar-refractivity contribution in [3.8, 4) is 0 Å². The van der Waals surface area contributed by atoms with Gasteiger partial charge in [0, 0.05) is 0 Å². The van der Waals surface area contributed by atoms with E-state index in [0.29, 0.717) is 0 Å². The quantitative estimate of drug-likeness (QED) is 0.330. The average molecular weight is 483 g/mol. The Morgan fingerprint density at radius 1 is 0.861 bits per heavy atom. The van der Waals surface area contributed by atoms with Gasteiger partial charge in [0.25, 0.3) is 0 Å². The van der Waals surface area contributed by atoms with Crippen LogP contribution in [0.5, 0.6) is 0 Å². The molecule has 0 radical (unpaired) electrons. The van der Waals surface area contributed by atoms with E-state index in [1.807, 2.05) is 0 Å². The summed E-state index contributed by atoms with van der Waals surface area (Å²) in [6.45, 7) is 12.0. The van der Waals surface area contributed by atoms with Crippen molar-refractivity contribution in [3.05, 3.63) is 83.6 Å². The Morgan fingerprint density at radius 3 is 2.33 bits per heavy atom. The van der Waals surface area contributed by atoms with E-state index in [1.165, 1.54) is 75.4 Å². The molecule has 0 amide bonds. The molecule has 0 aromatic heterocycles. The second kappa shape index (κ2) is 11.7. The molecule has 5 aliphatic carbocycles. The lowest BCUT2D eigenvalue weighted by atomic mass is 9.46. The molecule has 8 atom stereocenters. The molecular formula is C36H50. The molecule has 7 unspecified atom stereocenters. The summed E-state index contributed by atoms with van der Waals surface area (Å²) >= 11 is 0. The Bertz CT molecular complexity index is 964. The van der Waals surface area contributed by atoms with Crippen LogP contribution in [0.4, 0.5) is 0 Å². The van der Waals surface area contributed by atoms with Crippen LogP contribution in [-0.4, -0.2) is 0 Å². The molecule has 0 aromatic rings. The first-order valence-electron chi connectivity index (χ1n) is 15.4. The van der Waals surface area contributed by atoms with Gasteiger partial charge >= 0.3 is 0 Å². The smallest absolute Gasteiger partial charge is 0.00994 e. The van der Waals surface area contributed by atoms with Crippen molar-refractivity contribution >= 4 is 0 Å². The highest BCUT2D eigenvalue weighted by Gasteiger charge is 2.54. The number of hydrogen-bond acceptors (Lipinski definition) is 0. The Balaban J connectivity index is 1.57. The van der Waals surface area contributed by atoms with Crippen molar-refractivity contribution in [2.45, 2.75) is 91.4 Å². The van der Waals surface area contributed by atoms with E-state index in [1.54, 1.807) is 11.1 Å². The summed E-state index contributed by atoms with van der Waals surface area (Å²) in [6.07, 6.45) is 36.2. The van der Waals surface area contributed by atoms with Crippen molar-refractivity contribution in [2.75, 3.05) is 0 Å². The highest BCUT2D eigenvalue weighted by atomic mass is 14.6. The molecule has 0 N–H and O–H groups in total. The monoisotopic (exact) mass is 482 g/mol. The standard InChI is InChI=1S/C36H50/c1-5-14-26(4)30(6-2)36-32-20-13-12-19-31(32)35(34-23-25(3)21-22-33(34)36)29-18-11-10-17-28(24-29)27-15-8-7-9-16-27/h8-11,15-18,24-25,30-36H,4-7,12-14,19-23H2,1-3H3/t25?,30?,31?,32?,33-,34?,35?,36?/m0/s1. The van der Waals surface area contributed by atoms with E-state index in [0.717, 1.165) is 53.8 Å². The maximum atomic E-state index is 4.71. The zero-order valence-corrected chi connectivity index (χ0v) is 23.3. The molecule has 0 saturated heterocycles. The largest absolute Gasteiger partial charge is 0.0996 e. The fourth-order valence-electron chi connectivity index (χ4n) is 9.22. The van der Waals surface area contributed by atoms with Crippen LogP contribution in [0.2, 0.25) is 0 Å². The van der Waals surface area contributed by atoms with Crippen molar-refractivity contribution in [2.24, 2.45) is 47.3 Å². The summed E-state index contributed by atoms with van der Waals surface area (Å²) in [4.78, 5) is 0. The van der Waals surface area contributed by atoms with E-state index < -0.39 is 0 Å². The minimum Gasteiger partial charge on any atom is -0.0996 e. The van der Waals surface area contributed by atoms with Crippen LogP contribution in [0, 0.1) is 47.3 Å². The van der Waals surface area contributed by atoms with Gasteiger partial charge in [-0.15, -0.1) is 0 Å².